The zero-order chi connectivity index (χ0) is 17.5. The molecule has 0 bridgehead atoms. The van der Waals surface area contributed by atoms with E-state index in [2.05, 4.69) is 0 Å². The molecule has 0 atom stereocenters. The molecule has 0 aliphatic heterocycles. The van der Waals surface area contributed by atoms with Crippen LogP contribution in [0.25, 0.3) is 0 Å². The number of carbonyl (C=O) groups excluding carboxylic acids is 1. The molecule has 0 N–H and O–H groups in total. The summed E-state index contributed by atoms with van der Waals surface area (Å²) in [5.41, 5.74) is 4.20. The fourth-order valence-electron chi connectivity index (χ4n) is 2.53. The minimum absolute atomic E-state index is 0.459. The zero-order valence-corrected chi connectivity index (χ0v) is 15.0. The molecule has 24 heavy (non-hydrogen) atoms. The number of carbonyl (C=O) groups is 1. The first kappa shape index (κ1) is 18.1. The lowest BCUT2D eigenvalue weighted by Crippen LogP contribution is -2.21. The molecule has 4 nitrogen and oxygen atoms in total. The van der Waals surface area contributed by atoms with Crippen molar-refractivity contribution in [3.63, 3.8) is 0 Å². The Bertz CT molecular complexity index is 703. The lowest BCUT2D eigenvalue weighted by Gasteiger charge is -2.21. The van der Waals surface area contributed by atoms with Crippen molar-refractivity contribution in [2.45, 2.75) is 25.9 Å². The Hall–Kier alpha value is -2.20. The third kappa shape index (κ3) is 4.42. The topological polar surface area (TPSA) is 38.8 Å². The predicted octanol–water partition coefficient (Wildman–Crippen LogP) is 3.91. The first-order valence-corrected chi connectivity index (χ1v) is 8.19. The van der Waals surface area contributed by atoms with E-state index in [4.69, 9.17) is 21.1 Å². The van der Waals surface area contributed by atoms with E-state index in [0.717, 1.165) is 34.4 Å². The van der Waals surface area contributed by atoms with Crippen molar-refractivity contribution in [3.05, 3.63) is 58.7 Å². The monoisotopic (exact) mass is 347 g/mol. The van der Waals surface area contributed by atoms with E-state index in [9.17, 15) is 4.79 Å². The van der Waals surface area contributed by atoms with E-state index in [1.165, 1.54) is 0 Å². The van der Waals surface area contributed by atoms with Gasteiger partial charge in [0.15, 0.2) is 0 Å². The summed E-state index contributed by atoms with van der Waals surface area (Å²) in [6, 6.07) is 11.7. The molecule has 0 aliphatic carbocycles. The van der Waals surface area contributed by atoms with Crippen LogP contribution in [0.1, 0.15) is 22.3 Å². The smallest absolute Gasteiger partial charge is 0.210 e. The number of benzene rings is 2. The molecule has 2 rings (SSSR count). The molecule has 2 aromatic carbocycles. The normalized spacial score (nSPS) is 10.3. The Morgan fingerprint density at radius 2 is 1.79 bits per heavy atom. The van der Waals surface area contributed by atoms with Crippen LogP contribution in [0.4, 0.5) is 0 Å². The molecule has 0 saturated heterocycles. The number of hydrogen-bond donors (Lipinski definition) is 0. The summed E-state index contributed by atoms with van der Waals surface area (Å²) < 4.78 is 10.6. The van der Waals surface area contributed by atoms with Crippen LogP contribution in [0.15, 0.2) is 36.4 Å². The predicted molar refractivity (Wildman–Crippen MR) is 95.6 cm³/mol. The number of aryl methyl sites for hydroxylation is 1. The number of amides is 1. The van der Waals surface area contributed by atoms with Crippen LogP contribution in [-0.4, -0.2) is 25.5 Å². The Morgan fingerprint density at radius 1 is 1.04 bits per heavy atom. The first-order valence-electron chi connectivity index (χ1n) is 7.66. The van der Waals surface area contributed by atoms with Crippen LogP contribution < -0.4 is 9.47 Å². The summed E-state index contributed by atoms with van der Waals surface area (Å²) in [7, 11) is 3.22. The molecule has 0 unspecified atom stereocenters. The third-order valence-corrected chi connectivity index (χ3v) is 4.27. The largest absolute Gasteiger partial charge is 0.497 e. The molecule has 1 amide bonds. The van der Waals surface area contributed by atoms with Gasteiger partial charge in [0, 0.05) is 30.6 Å². The Kier molecular flexibility index (Phi) is 6.50. The van der Waals surface area contributed by atoms with Crippen molar-refractivity contribution in [1.82, 2.24) is 4.90 Å². The van der Waals surface area contributed by atoms with E-state index in [1.54, 1.807) is 19.1 Å². The lowest BCUT2D eigenvalue weighted by molar-refractivity contribution is -0.119. The summed E-state index contributed by atoms with van der Waals surface area (Å²) in [6.45, 7) is 3.01. The Morgan fingerprint density at radius 3 is 2.42 bits per heavy atom. The number of alkyl halides is 1. The second-order valence-corrected chi connectivity index (χ2v) is 5.85. The number of rotatable bonds is 8. The standard InChI is InChI=1S/C19H22ClNO3/c1-14-4-5-15(10-20)8-17(14)12-21(13-22)11-16-6-7-18(23-2)9-19(16)24-3/h4-9,13H,10-12H2,1-3H3. The van der Waals surface area contributed by atoms with Gasteiger partial charge in [0.1, 0.15) is 11.5 Å². The summed E-state index contributed by atoms with van der Waals surface area (Å²) in [4.78, 5) is 13.2. The molecule has 0 aliphatic rings. The minimum Gasteiger partial charge on any atom is -0.497 e. The van der Waals surface area contributed by atoms with Gasteiger partial charge in [0.2, 0.25) is 6.41 Å². The van der Waals surface area contributed by atoms with Crippen molar-refractivity contribution in [2.24, 2.45) is 0 Å². The van der Waals surface area contributed by atoms with E-state index >= 15 is 0 Å². The summed E-state index contributed by atoms with van der Waals surface area (Å²) in [5, 5.41) is 0. The lowest BCUT2D eigenvalue weighted by atomic mass is 10.0. The third-order valence-electron chi connectivity index (χ3n) is 3.96. The Labute approximate surface area is 147 Å². The number of ether oxygens (including phenoxy) is 2. The van der Waals surface area contributed by atoms with Crippen molar-refractivity contribution in [1.29, 1.82) is 0 Å². The second-order valence-electron chi connectivity index (χ2n) is 5.58. The van der Waals surface area contributed by atoms with Crippen LogP contribution in [0.2, 0.25) is 0 Å². The quantitative estimate of drug-likeness (QED) is 0.537. The highest BCUT2D eigenvalue weighted by Gasteiger charge is 2.11. The number of nitrogens with zero attached hydrogens (tertiary/aromatic N) is 1. The maximum Gasteiger partial charge on any atom is 0.210 e. The average molecular weight is 348 g/mol. The van der Waals surface area contributed by atoms with Gasteiger partial charge in [-0.2, -0.15) is 0 Å². The molecular formula is C19H22ClNO3. The molecule has 0 radical (unpaired) electrons. The van der Waals surface area contributed by atoms with Crippen LogP contribution in [0, 0.1) is 6.92 Å². The Balaban J connectivity index is 2.20. The van der Waals surface area contributed by atoms with Crippen LogP contribution in [0.5, 0.6) is 11.5 Å². The number of methoxy groups -OCH3 is 2. The first-order chi connectivity index (χ1) is 11.6. The highest BCUT2D eigenvalue weighted by atomic mass is 35.5. The van der Waals surface area contributed by atoms with Gasteiger partial charge in [-0.05, 0) is 35.7 Å². The van der Waals surface area contributed by atoms with E-state index in [0.29, 0.717) is 24.7 Å². The number of hydrogen-bond acceptors (Lipinski definition) is 3. The van der Waals surface area contributed by atoms with Gasteiger partial charge >= 0.3 is 0 Å². The molecular weight excluding hydrogens is 326 g/mol. The van der Waals surface area contributed by atoms with Crippen molar-refractivity contribution in [2.75, 3.05) is 14.2 Å². The van der Waals surface area contributed by atoms with Crippen molar-refractivity contribution in [3.8, 4) is 11.5 Å². The fraction of sp³-hybridized carbons (Fsp3) is 0.316. The molecule has 0 aromatic heterocycles. The molecule has 5 heteroatoms. The second kappa shape index (κ2) is 8.60. The van der Waals surface area contributed by atoms with Gasteiger partial charge in [-0.1, -0.05) is 18.2 Å². The van der Waals surface area contributed by atoms with Crippen molar-refractivity contribution < 1.29 is 14.3 Å². The molecule has 128 valence electrons. The molecule has 0 saturated carbocycles. The van der Waals surface area contributed by atoms with E-state index in [-0.39, 0.29) is 0 Å². The molecule has 2 aromatic rings. The highest BCUT2D eigenvalue weighted by molar-refractivity contribution is 6.17. The van der Waals surface area contributed by atoms with Gasteiger partial charge in [0.25, 0.3) is 0 Å². The van der Waals surface area contributed by atoms with Gasteiger partial charge in [-0.15, -0.1) is 11.6 Å². The summed E-state index contributed by atoms with van der Waals surface area (Å²) in [6.07, 6.45) is 0.858. The maximum absolute atomic E-state index is 11.5. The molecule has 0 fully saturated rings. The van der Waals surface area contributed by atoms with Crippen LogP contribution in [0.3, 0.4) is 0 Å². The van der Waals surface area contributed by atoms with Gasteiger partial charge in [-0.25, -0.2) is 0 Å². The fourth-order valence-corrected chi connectivity index (χ4v) is 2.70. The zero-order valence-electron chi connectivity index (χ0n) is 14.2. The SMILES string of the molecule is COc1ccc(CN(C=O)Cc2cc(CCl)ccc2C)c(OC)c1. The van der Waals surface area contributed by atoms with Crippen molar-refractivity contribution >= 4 is 18.0 Å². The van der Waals surface area contributed by atoms with Crippen LogP contribution >= 0.6 is 11.6 Å². The van der Waals surface area contributed by atoms with Gasteiger partial charge < -0.3 is 14.4 Å². The summed E-state index contributed by atoms with van der Waals surface area (Å²) in [5.74, 6) is 1.88. The molecule has 0 spiro atoms. The minimum atomic E-state index is 0.459. The van der Waals surface area contributed by atoms with E-state index < -0.39 is 0 Å². The van der Waals surface area contributed by atoms with E-state index in [1.807, 2.05) is 43.3 Å². The average Bonchev–Trinajstić information content (AvgIpc) is 2.62. The van der Waals surface area contributed by atoms with Crippen LogP contribution in [-0.2, 0) is 23.8 Å². The molecule has 0 heterocycles. The number of halogens is 1. The highest BCUT2D eigenvalue weighted by Crippen LogP contribution is 2.26. The maximum atomic E-state index is 11.5. The van der Waals surface area contributed by atoms with Gasteiger partial charge in [0.05, 0.1) is 14.2 Å². The summed E-state index contributed by atoms with van der Waals surface area (Å²) >= 11 is 5.91. The van der Waals surface area contributed by atoms with Gasteiger partial charge in [-0.3, -0.25) is 4.79 Å².